The van der Waals surface area contributed by atoms with Crippen LogP contribution in [0.25, 0.3) is 15.2 Å². The molecule has 12 heteroatoms. The van der Waals surface area contributed by atoms with E-state index in [1.165, 1.54) is 41.2 Å². The SMILES string of the molecule is COCCO[C@@H](Cn1c(=O)n(C(C)(C)C(=O)CC2CCCCC2)c(=O)c2c(C)c(-n3cccn3)sc21)c1cc(F)ccc1OC. The molecule has 0 bridgehead atoms. The second-order valence-corrected chi connectivity index (χ2v) is 13.1. The highest BCUT2D eigenvalue weighted by Gasteiger charge is 2.37. The van der Waals surface area contributed by atoms with Gasteiger partial charge in [0.15, 0.2) is 5.78 Å². The second-order valence-electron chi connectivity index (χ2n) is 12.1. The summed E-state index contributed by atoms with van der Waals surface area (Å²) in [6, 6.07) is 5.90. The van der Waals surface area contributed by atoms with Crippen molar-refractivity contribution >= 4 is 27.3 Å². The second kappa shape index (κ2) is 13.8. The van der Waals surface area contributed by atoms with Crippen molar-refractivity contribution in [3.63, 3.8) is 0 Å². The Morgan fingerprint density at radius 1 is 1.16 bits per heavy atom. The zero-order chi connectivity index (χ0) is 32.3. The first-order valence-corrected chi connectivity index (χ1v) is 16.2. The molecule has 0 saturated heterocycles. The van der Waals surface area contributed by atoms with Crippen LogP contribution in [0.5, 0.6) is 5.75 Å². The summed E-state index contributed by atoms with van der Waals surface area (Å²) in [4.78, 5) is 43.2. The van der Waals surface area contributed by atoms with Gasteiger partial charge in [-0.1, -0.05) is 43.4 Å². The fraction of sp³-hybridized carbons (Fsp3) is 0.515. The number of hydrogen-bond donors (Lipinski definition) is 0. The molecule has 3 heterocycles. The number of methoxy groups -OCH3 is 2. The third-order valence-electron chi connectivity index (χ3n) is 8.83. The Morgan fingerprint density at radius 3 is 2.58 bits per heavy atom. The van der Waals surface area contributed by atoms with E-state index in [0.29, 0.717) is 38.5 Å². The fourth-order valence-electron chi connectivity index (χ4n) is 6.26. The maximum atomic E-state index is 14.6. The molecule has 0 amide bonds. The number of nitrogens with zero attached hydrogens (tertiary/aromatic N) is 4. The molecule has 1 saturated carbocycles. The molecule has 1 aromatic carbocycles. The van der Waals surface area contributed by atoms with Crippen LogP contribution < -0.4 is 16.0 Å². The predicted molar refractivity (Wildman–Crippen MR) is 171 cm³/mol. The van der Waals surface area contributed by atoms with Crippen LogP contribution in [0.2, 0.25) is 0 Å². The lowest BCUT2D eigenvalue weighted by molar-refractivity contribution is -0.127. The van der Waals surface area contributed by atoms with E-state index in [1.807, 2.05) is 6.92 Å². The first-order chi connectivity index (χ1) is 21.6. The number of ether oxygens (including phenoxy) is 3. The van der Waals surface area contributed by atoms with Gasteiger partial charge < -0.3 is 14.2 Å². The van der Waals surface area contributed by atoms with E-state index in [2.05, 4.69) is 5.10 Å². The Balaban J connectivity index is 1.71. The number of halogens is 1. The van der Waals surface area contributed by atoms with Crippen LogP contribution in [0.4, 0.5) is 4.39 Å². The molecule has 1 aliphatic carbocycles. The Kier molecular flexibility index (Phi) is 10.0. The van der Waals surface area contributed by atoms with Gasteiger partial charge in [0.05, 0.1) is 32.3 Å². The summed E-state index contributed by atoms with van der Waals surface area (Å²) in [5, 5.41) is 5.35. The van der Waals surface area contributed by atoms with Crippen molar-refractivity contribution in [1.82, 2.24) is 18.9 Å². The monoisotopic (exact) mass is 640 g/mol. The molecule has 0 aliphatic heterocycles. The first-order valence-electron chi connectivity index (χ1n) is 15.3. The lowest BCUT2D eigenvalue weighted by Gasteiger charge is -2.30. The number of Topliss-reactive ketones (excluding diaryl/α,β-unsaturated/α-hetero) is 1. The molecule has 3 aromatic heterocycles. The molecule has 1 aliphatic rings. The van der Waals surface area contributed by atoms with Crippen molar-refractivity contribution in [2.45, 2.75) is 77.5 Å². The van der Waals surface area contributed by atoms with Gasteiger partial charge in [-0.2, -0.15) is 5.10 Å². The van der Waals surface area contributed by atoms with Gasteiger partial charge in [0.2, 0.25) is 0 Å². The normalized spacial score (nSPS) is 15.1. The van der Waals surface area contributed by atoms with Gasteiger partial charge in [0.1, 0.15) is 33.0 Å². The highest BCUT2D eigenvalue weighted by atomic mass is 32.1. The fourth-order valence-corrected chi connectivity index (χ4v) is 7.51. The first kappa shape index (κ1) is 32.8. The summed E-state index contributed by atoms with van der Waals surface area (Å²) in [7, 11) is 3.02. The van der Waals surface area contributed by atoms with Gasteiger partial charge in [0, 0.05) is 37.1 Å². The van der Waals surface area contributed by atoms with Crippen LogP contribution in [0.1, 0.15) is 69.6 Å². The molecular formula is C33H41FN4O6S. The molecule has 0 radical (unpaired) electrons. The minimum absolute atomic E-state index is 0.0788. The molecule has 1 fully saturated rings. The molecule has 4 aromatic rings. The number of ketones is 1. The molecule has 5 rings (SSSR count). The predicted octanol–water partition coefficient (Wildman–Crippen LogP) is 5.55. The van der Waals surface area contributed by atoms with Crippen LogP contribution in [0.15, 0.2) is 46.2 Å². The van der Waals surface area contributed by atoms with Gasteiger partial charge in [-0.25, -0.2) is 18.4 Å². The number of thiophene rings is 1. The average molecular weight is 641 g/mol. The van der Waals surface area contributed by atoms with Crippen molar-refractivity contribution in [3.05, 3.63) is 74.4 Å². The van der Waals surface area contributed by atoms with Crippen LogP contribution in [-0.4, -0.2) is 52.1 Å². The van der Waals surface area contributed by atoms with Crippen LogP contribution in [-0.2, 0) is 26.4 Å². The topological polar surface area (TPSA) is 107 Å². The van der Waals surface area contributed by atoms with E-state index in [4.69, 9.17) is 14.2 Å². The quantitative estimate of drug-likeness (QED) is 0.177. The summed E-state index contributed by atoms with van der Waals surface area (Å²) >= 11 is 1.25. The lowest BCUT2D eigenvalue weighted by Crippen LogP contribution is -2.53. The van der Waals surface area contributed by atoms with E-state index in [-0.39, 0.29) is 31.5 Å². The highest BCUT2D eigenvalue weighted by Crippen LogP contribution is 2.35. The Hall–Kier alpha value is -3.61. The smallest absolute Gasteiger partial charge is 0.333 e. The standard InChI is InChI=1S/C33H41FN4O6S/c1-21-28-29(40)38(33(2,3)27(39)18-22-10-7-6-8-11-22)32(41)36(31(28)45-30(21)37-15-9-14-35-37)20-26(44-17-16-42-4)24-19-23(34)12-13-25(24)43-5/h9,12-15,19,22,26H,6-8,10-11,16-18,20H2,1-5H3/t26-/m0/s1. The third-order valence-corrected chi connectivity index (χ3v) is 10.1. The lowest BCUT2D eigenvalue weighted by atomic mass is 9.82. The van der Waals surface area contributed by atoms with Crippen LogP contribution >= 0.6 is 11.3 Å². The molecule has 10 nitrogen and oxygen atoms in total. The van der Waals surface area contributed by atoms with Crippen molar-refractivity contribution < 1.29 is 23.4 Å². The van der Waals surface area contributed by atoms with Crippen molar-refractivity contribution in [2.24, 2.45) is 5.92 Å². The van der Waals surface area contributed by atoms with E-state index in [0.717, 1.165) is 36.7 Å². The third kappa shape index (κ3) is 6.54. The Bertz CT molecular complexity index is 1770. The molecule has 0 spiro atoms. The largest absolute Gasteiger partial charge is 0.496 e. The number of carbonyl (C=O) groups is 1. The number of carbonyl (C=O) groups excluding carboxylic acids is 1. The molecule has 0 N–H and O–H groups in total. The molecule has 0 unspecified atom stereocenters. The summed E-state index contributed by atoms with van der Waals surface area (Å²) in [6.45, 7) is 5.46. The van der Waals surface area contributed by atoms with E-state index in [1.54, 1.807) is 44.1 Å². The molecule has 242 valence electrons. The number of aryl methyl sites for hydroxylation is 1. The summed E-state index contributed by atoms with van der Waals surface area (Å²) in [5.74, 6) is -0.0186. The van der Waals surface area contributed by atoms with Gasteiger partial charge in [0.25, 0.3) is 5.56 Å². The van der Waals surface area contributed by atoms with Gasteiger partial charge in [-0.05, 0) is 51.0 Å². The zero-order valence-corrected chi connectivity index (χ0v) is 27.3. The minimum Gasteiger partial charge on any atom is -0.496 e. The van der Waals surface area contributed by atoms with Gasteiger partial charge >= 0.3 is 5.69 Å². The zero-order valence-electron chi connectivity index (χ0n) is 26.5. The average Bonchev–Trinajstić information content (AvgIpc) is 3.67. The van der Waals surface area contributed by atoms with Crippen molar-refractivity contribution in [2.75, 3.05) is 27.4 Å². The Morgan fingerprint density at radius 2 is 1.91 bits per heavy atom. The highest BCUT2D eigenvalue weighted by molar-refractivity contribution is 7.21. The molecule has 45 heavy (non-hydrogen) atoms. The number of benzene rings is 1. The van der Waals surface area contributed by atoms with Crippen molar-refractivity contribution in [1.29, 1.82) is 0 Å². The minimum atomic E-state index is -1.41. The van der Waals surface area contributed by atoms with E-state index >= 15 is 0 Å². The molecule has 1 atom stereocenters. The van der Waals surface area contributed by atoms with Gasteiger partial charge in [-0.3, -0.25) is 14.2 Å². The number of aromatic nitrogens is 4. The number of rotatable bonds is 13. The van der Waals surface area contributed by atoms with E-state index < -0.39 is 28.7 Å². The summed E-state index contributed by atoms with van der Waals surface area (Å²) in [6.07, 6.45) is 8.11. The van der Waals surface area contributed by atoms with Crippen molar-refractivity contribution in [3.8, 4) is 10.8 Å². The summed E-state index contributed by atoms with van der Waals surface area (Å²) in [5.41, 5.74) is -1.54. The van der Waals surface area contributed by atoms with Crippen LogP contribution in [0, 0.1) is 18.7 Å². The van der Waals surface area contributed by atoms with E-state index in [9.17, 15) is 18.8 Å². The van der Waals surface area contributed by atoms with Crippen LogP contribution in [0.3, 0.4) is 0 Å². The maximum Gasteiger partial charge on any atom is 0.333 e. The maximum absolute atomic E-state index is 14.6. The number of fused-ring (bicyclic) bond motifs is 1. The summed E-state index contributed by atoms with van der Waals surface area (Å²) < 4.78 is 35.7. The number of hydrogen-bond acceptors (Lipinski definition) is 8. The molecular weight excluding hydrogens is 599 g/mol. The Labute approximate surface area is 265 Å². The van der Waals surface area contributed by atoms with Gasteiger partial charge in [-0.15, -0.1) is 0 Å².